The van der Waals surface area contributed by atoms with E-state index in [2.05, 4.69) is 30.9 Å². The Hall–Kier alpha value is -1.03. The second-order valence-electron chi connectivity index (χ2n) is 5.74. The van der Waals surface area contributed by atoms with Gasteiger partial charge in [0.15, 0.2) is 0 Å². The molecule has 0 aliphatic heterocycles. The third kappa shape index (κ3) is 2.53. The van der Waals surface area contributed by atoms with E-state index >= 15 is 0 Å². The molecular formula is C14H26N4. The topological polar surface area (TPSA) is 47.1 Å². The lowest BCUT2D eigenvalue weighted by Gasteiger charge is -2.28. The zero-order chi connectivity index (χ0) is 13.3. The fourth-order valence-corrected chi connectivity index (χ4v) is 3.16. The van der Waals surface area contributed by atoms with Crippen molar-refractivity contribution >= 4 is 5.82 Å². The highest BCUT2D eigenvalue weighted by atomic mass is 15.4. The second kappa shape index (κ2) is 5.31. The fourth-order valence-electron chi connectivity index (χ4n) is 3.16. The molecule has 1 aliphatic rings. The molecule has 1 unspecified atom stereocenters. The average molecular weight is 250 g/mol. The van der Waals surface area contributed by atoms with Gasteiger partial charge in [0.25, 0.3) is 0 Å². The Balaban J connectivity index is 2.29. The Kier molecular flexibility index (Phi) is 3.95. The third-order valence-electron chi connectivity index (χ3n) is 4.05. The summed E-state index contributed by atoms with van der Waals surface area (Å²) in [5.41, 5.74) is 8.41. The summed E-state index contributed by atoms with van der Waals surface area (Å²) in [5, 5.41) is 4.58. The number of nitrogens with two attached hydrogens (primary N) is 1. The van der Waals surface area contributed by atoms with Gasteiger partial charge in [-0.2, -0.15) is 5.10 Å². The Morgan fingerprint density at radius 1 is 1.44 bits per heavy atom. The fraction of sp³-hybridized carbons (Fsp3) is 0.786. The third-order valence-corrected chi connectivity index (χ3v) is 4.05. The summed E-state index contributed by atoms with van der Waals surface area (Å²) in [5.74, 6) is 1.26. The molecule has 4 nitrogen and oxygen atoms in total. The lowest BCUT2D eigenvalue weighted by molar-refractivity contribution is 0.616. The maximum atomic E-state index is 5.97. The monoisotopic (exact) mass is 250 g/mol. The molecule has 0 spiro atoms. The van der Waals surface area contributed by atoms with E-state index in [4.69, 9.17) is 5.73 Å². The number of aryl methyl sites for hydroxylation is 2. The van der Waals surface area contributed by atoms with Gasteiger partial charge in [-0.3, -0.25) is 4.68 Å². The van der Waals surface area contributed by atoms with E-state index in [0.717, 1.165) is 12.1 Å². The number of hydrogen-bond donors (Lipinski definition) is 1. The summed E-state index contributed by atoms with van der Waals surface area (Å²) in [6.45, 7) is 4.15. The van der Waals surface area contributed by atoms with Crippen LogP contribution in [0.1, 0.15) is 43.9 Å². The van der Waals surface area contributed by atoms with Gasteiger partial charge >= 0.3 is 0 Å². The van der Waals surface area contributed by atoms with E-state index in [1.54, 1.807) is 0 Å². The summed E-state index contributed by atoms with van der Waals surface area (Å²) >= 11 is 0. The van der Waals surface area contributed by atoms with Crippen LogP contribution in [-0.2, 0) is 13.5 Å². The summed E-state index contributed by atoms with van der Waals surface area (Å²) in [6, 6.07) is 0.857. The van der Waals surface area contributed by atoms with Crippen LogP contribution < -0.4 is 10.6 Å². The molecule has 2 rings (SSSR count). The van der Waals surface area contributed by atoms with E-state index in [-0.39, 0.29) is 6.04 Å². The van der Waals surface area contributed by atoms with Crippen molar-refractivity contribution in [2.45, 2.75) is 58.0 Å². The average Bonchev–Trinajstić information content (AvgIpc) is 2.87. The normalized spacial score (nSPS) is 18.3. The van der Waals surface area contributed by atoms with Gasteiger partial charge in [-0.15, -0.1) is 0 Å². The lowest BCUT2D eigenvalue weighted by Crippen LogP contribution is -2.32. The van der Waals surface area contributed by atoms with Gasteiger partial charge in [0.1, 0.15) is 5.82 Å². The van der Waals surface area contributed by atoms with Crippen molar-refractivity contribution in [3.63, 3.8) is 0 Å². The highest BCUT2D eigenvalue weighted by molar-refractivity contribution is 5.51. The number of nitrogens with zero attached hydrogens (tertiary/aromatic N) is 3. The molecule has 1 heterocycles. The van der Waals surface area contributed by atoms with Gasteiger partial charge < -0.3 is 10.6 Å². The summed E-state index contributed by atoms with van der Waals surface area (Å²) < 4.78 is 2.02. The number of aromatic nitrogens is 2. The molecule has 0 saturated heterocycles. The smallest absolute Gasteiger partial charge is 0.130 e. The molecule has 1 aromatic rings. The van der Waals surface area contributed by atoms with E-state index in [9.17, 15) is 0 Å². The van der Waals surface area contributed by atoms with Crippen LogP contribution >= 0.6 is 0 Å². The van der Waals surface area contributed by atoms with Crippen molar-refractivity contribution in [2.75, 3.05) is 11.9 Å². The maximum absolute atomic E-state index is 5.97. The largest absolute Gasteiger partial charge is 0.357 e. The number of anilines is 1. The zero-order valence-corrected chi connectivity index (χ0v) is 12.1. The molecule has 2 N–H and O–H groups in total. The van der Waals surface area contributed by atoms with E-state index in [1.165, 1.54) is 37.1 Å². The number of rotatable bonds is 4. The first kappa shape index (κ1) is 13.4. The minimum Gasteiger partial charge on any atom is -0.357 e. The molecule has 102 valence electrons. The summed E-state index contributed by atoms with van der Waals surface area (Å²) in [4.78, 5) is 2.42. The van der Waals surface area contributed by atoms with Crippen molar-refractivity contribution in [3.8, 4) is 0 Å². The molecule has 1 atom stereocenters. The van der Waals surface area contributed by atoms with E-state index in [1.807, 2.05) is 11.7 Å². The summed E-state index contributed by atoms with van der Waals surface area (Å²) in [7, 11) is 4.25. The highest BCUT2D eigenvalue weighted by Gasteiger charge is 2.25. The predicted octanol–water partition coefficient (Wildman–Crippen LogP) is 2.00. The predicted molar refractivity (Wildman–Crippen MR) is 76.0 cm³/mol. The molecule has 0 aromatic carbocycles. The minimum absolute atomic E-state index is 0.184. The van der Waals surface area contributed by atoms with Crippen LogP contribution in [-0.4, -0.2) is 28.9 Å². The minimum atomic E-state index is 0.184. The first-order chi connectivity index (χ1) is 8.50. The van der Waals surface area contributed by atoms with Crippen LogP contribution in [0.25, 0.3) is 0 Å². The molecule has 1 saturated carbocycles. The van der Waals surface area contributed by atoms with Crippen LogP contribution in [0.15, 0.2) is 0 Å². The van der Waals surface area contributed by atoms with Crippen LogP contribution in [0, 0.1) is 6.92 Å². The first-order valence-electron chi connectivity index (χ1n) is 7.01. The first-order valence-corrected chi connectivity index (χ1v) is 7.01. The van der Waals surface area contributed by atoms with Gasteiger partial charge in [0.05, 0.1) is 5.69 Å². The molecule has 4 heteroatoms. The Morgan fingerprint density at radius 3 is 2.61 bits per heavy atom. The highest BCUT2D eigenvalue weighted by Crippen LogP contribution is 2.30. The van der Waals surface area contributed by atoms with Gasteiger partial charge in [0, 0.05) is 31.7 Å². The molecular weight excluding hydrogens is 224 g/mol. The summed E-state index contributed by atoms with van der Waals surface area (Å²) in [6.07, 6.45) is 6.23. The Bertz CT molecular complexity index is 402. The Labute approximate surface area is 110 Å². The van der Waals surface area contributed by atoms with Crippen molar-refractivity contribution in [1.29, 1.82) is 0 Å². The maximum Gasteiger partial charge on any atom is 0.130 e. The van der Waals surface area contributed by atoms with Gasteiger partial charge in [-0.1, -0.05) is 12.8 Å². The molecule has 0 amide bonds. The van der Waals surface area contributed by atoms with Crippen LogP contribution in [0.4, 0.5) is 5.82 Å². The number of hydrogen-bond acceptors (Lipinski definition) is 3. The van der Waals surface area contributed by atoms with Gasteiger partial charge in [-0.25, -0.2) is 0 Å². The molecule has 18 heavy (non-hydrogen) atoms. The standard InChI is InChI=1S/C14H26N4/c1-10(15)9-13-11(2)16-18(4)14(13)17(3)12-7-5-6-8-12/h10,12H,5-9,15H2,1-4H3. The molecule has 1 fully saturated rings. The van der Waals surface area contributed by atoms with Crippen molar-refractivity contribution in [2.24, 2.45) is 12.8 Å². The quantitative estimate of drug-likeness (QED) is 0.889. The molecule has 1 aliphatic carbocycles. The van der Waals surface area contributed by atoms with E-state index in [0.29, 0.717) is 6.04 Å². The van der Waals surface area contributed by atoms with Crippen molar-refractivity contribution < 1.29 is 0 Å². The SMILES string of the molecule is Cc1nn(C)c(N(C)C2CCCC2)c1CC(C)N. The van der Waals surface area contributed by atoms with Crippen molar-refractivity contribution in [3.05, 3.63) is 11.3 Å². The van der Waals surface area contributed by atoms with Crippen LogP contribution in [0.5, 0.6) is 0 Å². The van der Waals surface area contributed by atoms with Gasteiger partial charge in [-0.05, 0) is 33.1 Å². The van der Waals surface area contributed by atoms with Crippen LogP contribution in [0.3, 0.4) is 0 Å². The Morgan fingerprint density at radius 2 is 2.06 bits per heavy atom. The zero-order valence-electron chi connectivity index (χ0n) is 12.1. The second-order valence-corrected chi connectivity index (χ2v) is 5.74. The molecule has 0 radical (unpaired) electrons. The molecule has 0 bridgehead atoms. The van der Waals surface area contributed by atoms with E-state index < -0.39 is 0 Å². The van der Waals surface area contributed by atoms with Crippen LogP contribution in [0.2, 0.25) is 0 Å². The van der Waals surface area contributed by atoms with Crippen molar-refractivity contribution in [1.82, 2.24) is 9.78 Å². The lowest BCUT2D eigenvalue weighted by atomic mass is 10.1. The molecule has 1 aromatic heterocycles. The van der Waals surface area contributed by atoms with Gasteiger partial charge in [0.2, 0.25) is 0 Å².